The quantitative estimate of drug-likeness (QED) is 0.602. The molecular weight excluding hydrogens is 384 g/mol. The average Bonchev–Trinajstić information content (AvgIpc) is 3.14. The van der Waals surface area contributed by atoms with Gasteiger partial charge in [0.25, 0.3) is 0 Å². The van der Waals surface area contributed by atoms with Crippen LogP contribution in [0.15, 0.2) is 60.0 Å². The van der Waals surface area contributed by atoms with Crippen molar-refractivity contribution in [3.8, 4) is 5.75 Å². The summed E-state index contributed by atoms with van der Waals surface area (Å²) in [5.41, 5.74) is -3.25. The molecule has 28 heavy (non-hydrogen) atoms. The van der Waals surface area contributed by atoms with Gasteiger partial charge in [0, 0.05) is 16.5 Å². The first-order chi connectivity index (χ1) is 13.2. The highest BCUT2D eigenvalue weighted by Crippen LogP contribution is 2.39. The second-order valence-corrected chi connectivity index (χ2v) is 7.75. The molecule has 3 rings (SSSR count). The minimum absolute atomic E-state index is 0.0878. The first-order valence-corrected chi connectivity index (χ1v) is 9.81. The SMILES string of the molecule is CSc1ccc(OC(C)(C)C(O)(Cn2cncn2)c2ccc(F)cc2F)cc1. The molecule has 0 spiro atoms. The lowest BCUT2D eigenvalue weighted by atomic mass is 9.79. The Morgan fingerprint density at radius 3 is 2.43 bits per heavy atom. The van der Waals surface area contributed by atoms with Crippen molar-refractivity contribution in [3.05, 3.63) is 72.3 Å². The number of benzene rings is 2. The van der Waals surface area contributed by atoms with E-state index in [9.17, 15) is 13.9 Å². The van der Waals surface area contributed by atoms with Gasteiger partial charge in [-0.2, -0.15) is 5.10 Å². The smallest absolute Gasteiger partial charge is 0.151 e. The molecule has 0 amide bonds. The van der Waals surface area contributed by atoms with Crippen molar-refractivity contribution in [2.45, 2.75) is 36.5 Å². The molecular formula is C20H21F2N3O2S. The Morgan fingerprint density at radius 1 is 1.14 bits per heavy atom. The molecule has 0 saturated carbocycles. The maximum Gasteiger partial charge on any atom is 0.151 e. The summed E-state index contributed by atoms with van der Waals surface area (Å²) in [6.07, 6.45) is 4.69. The van der Waals surface area contributed by atoms with E-state index in [0.717, 1.165) is 17.0 Å². The summed E-state index contributed by atoms with van der Waals surface area (Å²) in [6.45, 7) is 3.16. The van der Waals surface area contributed by atoms with Crippen LogP contribution in [0.5, 0.6) is 5.75 Å². The summed E-state index contributed by atoms with van der Waals surface area (Å²) >= 11 is 1.60. The number of hydrogen-bond acceptors (Lipinski definition) is 5. The minimum atomic E-state index is -1.86. The zero-order valence-corrected chi connectivity index (χ0v) is 16.6. The zero-order valence-electron chi connectivity index (χ0n) is 15.8. The third-order valence-electron chi connectivity index (χ3n) is 4.66. The lowest BCUT2D eigenvalue weighted by molar-refractivity contribution is -0.135. The van der Waals surface area contributed by atoms with E-state index in [1.165, 1.54) is 23.4 Å². The fourth-order valence-electron chi connectivity index (χ4n) is 3.00. The van der Waals surface area contributed by atoms with Gasteiger partial charge in [0.15, 0.2) is 5.60 Å². The number of hydrogen-bond donors (Lipinski definition) is 1. The van der Waals surface area contributed by atoms with Crippen LogP contribution in [0.2, 0.25) is 0 Å². The first-order valence-electron chi connectivity index (χ1n) is 8.58. The lowest BCUT2D eigenvalue weighted by Crippen LogP contribution is -2.54. The van der Waals surface area contributed by atoms with Crippen molar-refractivity contribution in [2.24, 2.45) is 0 Å². The normalized spacial score (nSPS) is 13.9. The largest absolute Gasteiger partial charge is 0.484 e. The zero-order chi connectivity index (χ0) is 20.4. The maximum absolute atomic E-state index is 14.6. The summed E-state index contributed by atoms with van der Waals surface area (Å²) in [7, 11) is 0. The fourth-order valence-corrected chi connectivity index (χ4v) is 3.40. The van der Waals surface area contributed by atoms with Gasteiger partial charge < -0.3 is 9.84 Å². The third-order valence-corrected chi connectivity index (χ3v) is 5.41. The van der Waals surface area contributed by atoms with Crippen LogP contribution in [0.1, 0.15) is 19.4 Å². The van der Waals surface area contributed by atoms with Crippen LogP contribution in [-0.2, 0) is 12.1 Å². The van der Waals surface area contributed by atoms with Crippen LogP contribution in [0.4, 0.5) is 8.78 Å². The highest BCUT2D eigenvalue weighted by Gasteiger charge is 2.49. The van der Waals surface area contributed by atoms with E-state index >= 15 is 0 Å². The van der Waals surface area contributed by atoms with Crippen molar-refractivity contribution in [3.63, 3.8) is 0 Å². The van der Waals surface area contributed by atoms with E-state index in [1.807, 2.05) is 18.4 Å². The molecule has 0 aliphatic carbocycles. The van der Waals surface area contributed by atoms with Gasteiger partial charge in [0.1, 0.15) is 35.6 Å². The number of nitrogens with zero attached hydrogens (tertiary/aromatic N) is 3. The maximum atomic E-state index is 14.6. The Kier molecular flexibility index (Phi) is 5.71. The molecule has 0 aliphatic heterocycles. The second-order valence-electron chi connectivity index (χ2n) is 6.87. The minimum Gasteiger partial charge on any atom is -0.484 e. The van der Waals surface area contributed by atoms with E-state index in [2.05, 4.69) is 10.1 Å². The average molecular weight is 405 g/mol. The summed E-state index contributed by atoms with van der Waals surface area (Å²) < 4.78 is 35.5. The van der Waals surface area contributed by atoms with Crippen molar-refractivity contribution in [1.29, 1.82) is 0 Å². The molecule has 148 valence electrons. The molecule has 1 atom stereocenters. The van der Waals surface area contributed by atoms with E-state index < -0.39 is 22.8 Å². The summed E-state index contributed by atoms with van der Waals surface area (Å²) in [4.78, 5) is 4.93. The summed E-state index contributed by atoms with van der Waals surface area (Å²) in [5.74, 6) is -1.07. The van der Waals surface area contributed by atoms with Crippen LogP contribution >= 0.6 is 11.8 Å². The second kappa shape index (κ2) is 7.89. The highest BCUT2D eigenvalue weighted by atomic mass is 32.2. The van der Waals surface area contributed by atoms with Crippen molar-refractivity contribution in [2.75, 3.05) is 6.26 Å². The molecule has 1 N–H and O–H groups in total. The molecule has 0 aliphatic rings. The molecule has 0 bridgehead atoms. The van der Waals surface area contributed by atoms with Gasteiger partial charge in [0.05, 0.1) is 6.54 Å². The molecule has 0 radical (unpaired) electrons. The fraction of sp³-hybridized carbons (Fsp3) is 0.300. The van der Waals surface area contributed by atoms with Crippen LogP contribution < -0.4 is 4.74 Å². The Labute approximate surface area is 166 Å². The van der Waals surface area contributed by atoms with E-state index in [1.54, 1.807) is 37.7 Å². The summed E-state index contributed by atoms with van der Waals surface area (Å²) in [6, 6.07) is 10.4. The van der Waals surface area contributed by atoms with Gasteiger partial charge in [-0.1, -0.05) is 6.07 Å². The first kappa shape index (κ1) is 20.3. The molecule has 8 heteroatoms. The molecule has 0 saturated heterocycles. The van der Waals surface area contributed by atoms with Crippen molar-refractivity contribution >= 4 is 11.8 Å². The molecule has 3 aromatic rings. The molecule has 2 aromatic carbocycles. The lowest BCUT2D eigenvalue weighted by Gasteiger charge is -2.42. The van der Waals surface area contributed by atoms with Gasteiger partial charge in [-0.05, 0) is 50.4 Å². The predicted octanol–water partition coefficient (Wildman–Crippen LogP) is 4.02. The number of halogens is 2. The topological polar surface area (TPSA) is 60.2 Å². The van der Waals surface area contributed by atoms with Crippen molar-refractivity contribution < 1.29 is 18.6 Å². The molecule has 1 aromatic heterocycles. The molecule has 0 fully saturated rings. The third kappa shape index (κ3) is 4.02. The van der Waals surface area contributed by atoms with Gasteiger partial charge in [-0.15, -0.1) is 11.8 Å². The summed E-state index contributed by atoms with van der Waals surface area (Å²) in [5, 5.41) is 15.6. The number of rotatable bonds is 7. The Bertz CT molecular complexity index is 933. The van der Waals surface area contributed by atoms with Crippen LogP contribution in [0.3, 0.4) is 0 Å². The van der Waals surface area contributed by atoms with Gasteiger partial charge in [0.2, 0.25) is 0 Å². The Morgan fingerprint density at radius 2 is 1.86 bits per heavy atom. The van der Waals surface area contributed by atoms with Gasteiger partial charge in [-0.3, -0.25) is 0 Å². The van der Waals surface area contributed by atoms with Crippen LogP contribution in [0, 0.1) is 11.6 Å². The van der Waals surface area contributed by atoms with E-state index in [4.69, 9.17) is 4.74 Å². The Balaban J connectivity index is 2.03. The number of thioether (sulfide) groups is 1. The molecule has 5 nitrogen and oxygen atoms in total. The molecule has 1 heterocycles. The molecule has 1 unspecified atom stereocenters. The monoisotopic (exact) mass is 405 g/mol. The van der Waals surface area contributed by atoms with E-state index in [0.29, 0.717) is 5.75 Å². The standard InChI is InChI=1S/C20H21F2N3O2S/c1-19(2,27-15-5-7-16(28-3)8-6-15)20(26,11-25-13-23-12-24-25)17-9-4-14(21)10-18(17)22/h4-10,12-13,26H,11H2,1-3H3. The van der Waals surface area contributed by atoms with Crippen LogP contribution in [0.25, 0.3) is 0 Å². The number of aromatic nitrogens is 3. The van der Waals surface area contributed by atoms with Crippen molar-refractivity contribution in [1.82, 2.24) is 14.8 Å². The number of aliphatic hydroxyl groups is 1. The predicted molar refractivity (Wildman–Crippen MR) is 103 cm³/mol. The van der Waals surface area contributed by atoms with Crippen LogP contribution in [-0.4, -0.2) is 31.7 Å². The van der Waals surface area contributed by atoms with Gasteiger partial charge >= 0.3 is 0 Å². The number of ether oxygens (including phenoxy) is 1. The highest BCUT2D eigenvalue weighted by molar-refractivity contribution is 7.98. The Hall–Kier alpha value is -2.45. The van der Waals surface area contributed by atoms with E-state index in [-0.39, 0.29) is 12.1 Å². The van der Waals surface area contributed by atoms with Gasteiger partial charge in [-0.25, -0.2) is 18.4 Å².